The highest BCUT2D eigenvalue weighted by Gasteiger charge is 2.34. The lowest BCUT2D eigenvalue weighted by atomic mass is 9.98. The summed E-state index contributed by atoms with van der Waals surface area (Å²) in [5, 5.41) is 0.351. The van der Waals surface area contributed by atoms with Gasteiger partial charge in [0.05, 0.1) is 10.7 Å². The highest BCUT2D eigenvalue weighted by molar-refractivity contribution is 6.34. The van der Waals surface area contributed by atoms with Crippen LogP contribution in [0.2, 0.25) is 5.02 Å². The number of rotatable bonds is 5. The van der Waals surface area contributed by atoms with E-state index >= 15 is 0 Å². The standard InChI is InChI=1S/C26H19ClF3N3O/c1-3-23(34)20-12-17(9-10-21(20)27)16-5-4-6-18(11-16)25-32-22(13-24(33-25)26(28,29)30)19-8-7-15(2)31-14-19/h4-14H,3H2,1-2H3. The molecule has 0 unspecified atom stereocenters. The number of hydrogen-bond donors (Lipinski definition) is 0. The lowest BCUT2D eigenvalue weighted by Crippen LogP contribution is -2.10. The summed E-state index contributed by atoms with van der Waals surface area (Å²) in [6.45, 7) is 3.54. The molecule has 0 saturated carbocycles. The Morgan fingerprint density at radius 1 is 0.912 bits per heavy atom. The number of ketones is 1. The SMILES string of the molecule is CCC(=O)c1cc(-c2cccc(-c3nc(-c4ccc(C)nc4)cc(C(F)(F)F)n3)c2)ccc1Cl. The van der Waals surface area contributed by atoms with E-state index < -0.39 is 11.9 Å². The number of pyridine rings is 1. The molecule has 4 nitrogen and oxygen atoms in total. The topological polar surface area (TPSA) is 55.7 Å². The van der Waals surface area contributed by atoms with Gasteiger partial charge in [-0.1, -0.05) is 42.8 Å². The van der Waals surface area contributed by atoms with Gasteiger partial charge in [-0.05, 0) is 54.4 Å². The lowest BCUT2D eigenvalue weighted by Gasteiger charge is -2.12. The second kappa shape index (κ2) is 9.35. The zero-order chi connectivity index (χ0) is 24.5. The summed E-state index contributed by atoms with van der Waals surface area (Å²) in [4.78, 5) is 24.6. The summed E-state index contributed by atoms with van der Waals surface area (Å²) in [6.07, 6.45) is -2.86. The number of Topliss-reactive ketones (excluding diaryl/α,β-unsaturated/α-hetero) is 1. The van der Waals surface area contributed by atoms with Crippen molar-refractivity contribution in [3.63, 3.8) is 0 Å². The molecular formula is C26H19ClF3N3O. The van der Waals surface area contributed by atoms with Crippen molar-refractivity contribution in [2.24, 2.45) is 0 Å². The molecule has 0 atom stereocenters. The number of carbonyl (C=O) groups excluding carboxylic acids is 1. The van der Waals surface area contributed by atoms with Crippen LogP contribution in [0, 0.1) is 6.92 Å². The van der Waals surface area contributed by atoms with Crippen LogP contribution in [0.3, 0.4) is 0 Å². The molecule has 8 heteroatoms. The van der Waals surface area contributed by atoms with Gasteiger partial charge in [0.25, 0.3) is 0 Å². The van der Waals surface area contributed by atoms with E-state index in [1.807, 2.05) is 0 Å². The monoisotopic (exact) mass is 481 g/mol. The second-order valence-corrected chi connectivity index (χ2v) is 8.11. The zero-order valence-electron chi connectivity index (χ0n) is 18.3. The molecule has 0 radical (unpaired) electrons. The van der Waals surface area contributed by atoms with Crippen LogP contribution < -0.4 is 0 Å². The van der Waals surface area contributed by atoms with Gasteiger partial charge in [-0.2, -0.15) is 13.2 Å². The third kappa shape index (κ3) is 4.99. The zero-order valence-corrected chi connectivity index (χ0v) is 19.1. The Labute approximate surface area is 199 Å². The van der Waals surface area contributed by atoms with E-state index in [4.69, 9.17) is 11.6 Å². The average molecular weight is 482 g/mol. The van der Waals surface area contributed by atoms with E-state index in [9.17, 15) is 18.0 Å². The third-order valence-corrected chi connectivity index (χ3v) is 5.60. The molecule has 2 aromatic carbocycles. The van der Waals surface area contributed by atoms with Crippen molar-refractivity contribution in [1.82, 2.24) is 15.0 Å². The minimum absolute atomic E-state index is 0.0638. The molecule has 4 aromatic rings. The molecule has 0 aliphatic rings. The van der Waals surface area contributed by atoms with Gasteiger partial charge in [0, 0.05) is 35.0 Å². The molecule has 0 saturated heterocycles. The minimum atomic E-state index is -4.65. The maximum absolute atomic E-state index is 13.6. The Bertz CT molecular complexity index is 1370. The first kappa shape index (κ1) is 23.6. The van der Waals surface area contributed by atoms with E-state index in [1.54, 1.807) is 68.4 Å². The van der Waals surface area contributed by atoms with Crippen LogP contribution in [0.5, 0.6) is 0 Å². The Kier molecular flexibility index (Phi) is 6.48. The van der Waals surface area contributed by atoms with Gasteiger partial charge < -0.3 is 0 Å². The molecular weight excluding hydrogens is 463 g/mol. The Hall–Kier alpha value is -3.58. The predicted octanol–water partition coefficient (Wildman–Crippen LogP) is 7.45. The number of aryl methyl sites for hydroxylation is 1. The predicted molar refractivity (Wildman–Crippen MR) is 126 cm³/mol. The highest BCUT2D eigenvalue weighted by Crippen LogP contribution is 2.33. The summed E-state index contributed by atoms with van der Waals surface area (Å²) in [5.74, 6) is -0.161. The first-order valence-corrected chi connectivity index (χ1v) is 10.9. The van der Waals surface area contributed by atoms with E-state index in [-0.39, 0.29) is 17.3 Å². The maximum Gasteiger partial charge on any atom is 0.433 e. The molecule has 4 rings (SSSR count). The summed E-state index contributed by atoms with van der Waals surface area (Å²) < 4.78 is 40.9. The molecule has 0 aliphatic heterocycles. The molecule has 0 aliphatic carbocycles. The Morgan fingerprint density at radius 2 is 1.62 bits per heavy atom. The van der Waals surface area contributed by atoms with Crippen LogP contribution in [-0.2, 0) is 6.18 Å². The summed E-state index contributed by atoms with van der Waals surface area (Å²) >= 11 is 6.18. The minimum Gasteiger partial charge on any atom is -0.294 e. The summed E-state index contributed by atoms with van der Waals surface area (Å²) in [7, 11) is 0. The Balaban J connectivity index is 1.83. The van der Waals surface area contributed by atoms with Crippen LogP contribution in [0.1, 0.15) is 35.1 Å². The van der Waals surface area contributed by atoms with Crippen LogP contribution in [-0.4, -0.2) is 20.7 Å². The van der Waals surface area contributed by atoms with Crippen LogP contribution in [0.4, 0.5) is 13.2 Å². The highest BCUT2D eigenvalue weighted by atomic mass is 35.5. The first-order valence-electron chi connectivity index (χ1n) is 10.5. The molecule has 0 spiro atoms. The fourth-order valence-electron chi connectivity index (χ4n) is 3.44. The smallest absolute Gasteiger partial charge is 0.294 e. The van der Waals surface area contributed by atoms with E-state index in [0.717, 1.165) is 11.8 Å². The van der Waals surface area contributed by atoms with Crippen molar-refractivity contribution in [3.8, 4) is 33.8 Å². The molecule has 172 valence electrons. The average Bonchev–Trinajstić information content (AvgIpc) is 2.83. The summed E-state index contributed by atoms with van der Waals surface area (Å²) in [6, 6.07) is 16.2. The summed E-state index contributed by atoms with van der Waals surface area (Å²) in [5.41, 5.74) is 2.48. The van der Waals surface area contributed by atoms with Gasteiger partial charge in [-0.25, -0.2) is 9.97 Å². The molecule has 0 fully saturated rings. The lowest BCUT2D eigenvalue weighted by molar-refractivity contribution is -0.141. The van der Waals surface area contributed by atoms with Gasteiger partial charge in [-0.3, -0.25) is 9.78 Å². The third-order valence-electron chi connectivity index (χ3n) is 5.27. The Morgan fingerprint density at radius 3 is 2.29 bits per heavy atom. The van der Waals surface area contributed by atoms with Crippen LogP contribution in [0.15, 0.2) is 66.9 Å². The number of aromatic nitrogens is 3. The van der Waals surface area contributed by atoms with Crippen molar-refractivity contribution in [2.45, 2.75) is 26.4 Å². The fraction of sp³-hybridized carbons (Fsp3) is 0.154. The number of nitrogens with zero attached hydrogens (tertiary/aromatic N) is 3. The van der Waals surface area contributed by atoms with Crippen molar-refractivity contribution in [2.75, 3.05) is 0 Å². The number of benzene rings is 2. The largest absolute Gasteiger partial charge is 0.433 e. The van der Waals surface area contributed by atoms with Crippen molar-refractivity contribution >= 4 is 17.4 Å². The quantitative estimate of drug-likeness (QED) is 0.278. The number of halogens is 4. The van der Waals surface area contributed by atoms with E-state index in [0.29, 0.717) is 39.3 Å². The normalized spacial score (nSPS) is 11.5. The van der Waals surface area contributed by atoms with Crippen molar-refractivity contribution < 1.29 is 18.0 Å². The second-order valence-electron chi connectivity index (χ2n) is 7.70. The van der Waals surface area contributed by atoms with E-state index in [2.05, 4.69) is 15.0 Å². The first-order chi connectivity index (χ1) is 16.2. The number of alkyl halides is 3. The van der Waals surface area contributed by atoms with Gasteiger partial charge in [0.1, 0.15) is 5.69 Å². The van der Waals surface area contributed by atoms with Crippen LogP contribution in [0.25, 0.3) is 33.8 Å². The molecule has 34 heavy (non-hydrogen) atoms. The molecule has 0 bridgehead atoms. The van der Waals surface area contributed by atoms with Gasteiger partial charge in [0.2, 0.25) is 0 Å². The van der Waals surface area contributed by atoms with Crippen molar-refractivity contribution in [1.29, 1.82) is 0 Å². The van der Waals surface area contributed by atoms with Gasteiger partial charge in [0.15, 0.2) is 11.6 Å². The maximum atomic E-state index is 13.6. The van der Waals surface area contributed by atoms with Crippen LogP contribution >= 0.6 is 11.6 Å². The van der Waals surface area contributed by atoms with Crippen molar-refractivity contribution in [3.05, 3.63) is 88.8 Å². The van der Waals surface area contributed by atoms with Gasteiger partial charge in [-0.15, -0.1) is 0 Å². The molecule has 2 aromatic heterocycles. The molecule has 0 amide bonds. The molecule has 0 N–H and O–H groups in total. The van der Waals surface area contributed by atoms with Gasteiger partial charge >= 0.3 is 6.18 Å². The molecule has 2 heterocycles. The fourth-order valence-corrected chi connectivity index (χ4v) is 3.66. The number of carbonyl (C=O) groups is 1. The van der Waals surface area contributed by atoms with E-state index in [1.165, 1.54) is 6.20 Å². The number of hydrogen-bond acceptors (Lipinski definition) is 4.